The third kappa shape index (κ3) is 7.20. The van der Waals surface area contributed by atoms with Gasteiger partial charge in [-0.1, -0.05) is 77.4 Å². The molecule has 0 saturated carbocycles. The van der Waals surface area contributed by atoms with Gasteiger partial charge in [0.2, 0.25) is 0 Å². The van der Waals surface area contributed by atoms with Crippen LogP contribution in [0, 0.1) is 0 Å². The zero-order valence-corrected chi connectivity index (χ0v) is 12.5. The van der Waals surface area contributed by atoms with E-state index >= 15 is 0 Å². The first-order valence-corrected chi connectivity index (χ1v) is 8.19. The van der Waals surface area contributed by atoms with Crippen molar-refractivity contribution < 1.29 is 4.74 Å². The average Bonchev–Trinajstić information content (AvgIpc) is 2.40. The van der Waals surface area contributed by atoms with Crippen LogP contribution < -0.4 is 0 Å². The maximum Gasteiger partial charge on any atom is 0.0759 e. The molecule has 2 atom stereocenters. The summed E-state index contributed by atoms with van der Waals surface area (Å²) in [6, 6.07) is 0. The van der Waals surface area contributed by atoms with Crippen LogP contribution >= 0.6 is 0 Å². The quantitative estimate of drug-likeness (QED) is 0.361. The molecule has 1 rings (SSSR count). The zero-order valence-electron chi connectivity index (χ0n) is 12.5. The van der Waals surface area contributed by atoms with Crippen molar-refractivity contribution in [2.75, 3.05) is 0 Å². The second-order valence-corrected chi connectivity index (χ2v) is 5.66. The van der Waals surface area contributed by atoms with E-state index in [2.05, 4.69) is 26.0 Å². The molecule has 1 nitrogen and oxygen atoms in total. The van der Waals surface area contributed by atoms with Gasteiger partial charge in [-0.2, -0.15) is 0 Å². The molecule has 0 spiro atoms. The molecule has 0 radical (unpaired) electrons. The second-order valence-electron chi connectivity index (χ2n) is 5.66. The first-order chi connectivity index (χ1) is 8.86. The predicted molar refractivity (Wildman–Crippen MR) is 79.9 cm³/mol. The molecule has 0 saturated heterocycles. The lowest BCUT2D eigenvalue weighted by Crippen LogP contribution is -2.24. The van der Waals surface area contributed by atoms with Crippen LogP contribution in [0.4, 0.5) is 0 Å². The van der Waals surface area contributed by atoms with Crippen molar-refractivity contribution in [3.63, 3.8) is 0 Å². The SMILES string of the molecule is CCCCCC[C@H]1CC=C[C@@H](CCCCCC)O1. The maximum atomic E-state index is 6.16. The van der Waals surface area contributed by atoms with Crippen LogP contribution in [0.2, 0.25) is 0 Å². The second kappa shape index (κ2) is 10.6. The summed E-state index contributed by atoms with van der Waals surface area (Å²) in [7, 11) is 0. The lowest BCUT2D eigenvalue weighted by atomic mass is 10.0. The highest BCUT2D eigenvalue weighted by Crippen LogP contribution is 2.21. The van der Waals surface area contributed by atoms with E-state index < -0.39 is 0 Å². The molecular weight excluding hydrogens is 220 g/mol. The third-order valence-electron chi connectivity index (χ3n) is 3.84. The van der Waals surface area contributed by atoms with Crippen molar-refractivity contribution in [3.05, 3.63) is 12.2 Å². The Kier molecular flexibility index (Phi) is 9.28. The van der Waals surface area contributed by atoms with Gasteiger partial charge in [0.05, 0.1) is 12.2 Å². The molecule has 0 amide bonds. The van der Waals surface area contributed by atoms with Gasteiger partial charge in [-0.15, -0.1) is 0 Å². The summed E-state index contributed by atoms with van der Waals surface area (Å²) in [5.74, 6) is 0. The zero-order chi connectivity index (χ0) is 13.1. The Morgan fingerprint density at radius 3 is 2.22 bits per heavy atom. The summed E-state index contributed by atoms with van der Waals surface area (Å²) >= 11 is 0. The molecule has 0 fully saturated rings. The molecule has 1 aliphatic rings. The molecule has 0 aliphatic carbocycles. The van der Waals surface area contributed by atoms with Crippen LogP contribution in [0.5, 0.6) is 0 Å². The maximum absolute atomic E-state index is 6.16. The molecule has 0 unspecified atom stereocenters. The van der Waals surface area contributed by atoms with Crippen molar-refractivity contribution in [2.24, 2.45) is 0 Å². The third-order valence-corrected chi connectivity index (χ3v) is 3.84. The van der Waals surface area contributed by atoms with Crippen molar-refractivity contribution in [1.82, 2.24) is 0 Å². The van der Waals surface area contributed by atoms with Crippen LogP contribution in [0.15, 0.2) is 12.2 Å². The van der Waals surface area contributed by atoms with Gasteiger partial charge in [-0.3, -0.25) is 0 Å². The van der Waals surface area contributed by atoms with E-state index in [-0.39, 0.29) is 0 Å². The minimum atomic E-state index is 0.409. The number of rotatable bonds is 10. The topological polar surface area (TPSA) is 9.23 Å². The summed E-state index contributed by atoms with van der Waals surface area (Å²) in [6.45, 7) is 4.54. The average molecular weight is 252 g/mol. The van der Waals surface area contributed by atoms with Gasteiger partial charge in [0.1, 0.15) is 0 Å². The van der Waals surface area contributed by atoms with E-state index in [0.717, 1.165) is 6.42 Å². The van der Waals surface area contributed by atoms with Crippen molar-refractivity contribution in [1.29, 1.82) is 0 Å². The number of unbranched alkanes of at least 4 members (excludes halogenated alkanes) is 6. The fraction of sp³-hybridized carbons (Fsp3) is 0.882. The molecule has 18 heavy (non-hydrogen) atoms. The Labute approximate surface area is 114 Å². The van der Waals surface area contributed by atoms with Crippen LogP contribution in [-0.2, 0) is 4.74 Å². The van der Waals surface area contributed by atoms with Crippen molar-refractivity contribution >= 4 is 0 Å². The van der Waals surface area contributed by atoms with Gasteiger partial charge in [0.25, 0.3) is 0 Å². The Bertz CT molecular complexity index is 210. The smallest absolute Gasteiger partial charge is 0.0759 e. The van der Waals surface area contributed by atoms with E-state index in [1.807, 2.05) is 0 Å². The highest BCUT2D eigenvalue weighted by molar-refractivity contribution is 4.96. The van der Waals surface area contributed by atoms with E-state index in [4.69, 9.17) is 4.74 Å². The minimum absolute atomic E-state index is 0.409. The Hall–Kier alpha value is -0.300. The normalized spacial score (nSPS) is 23.4. The van der Waals surface area contributed by atoms with Gasteiger partial charge in [-0.25, -0.2) is 0 Å². The molecule has 0 aromatic heterocycles. The molecule has 106 valence electrons. The minimum Gasteiger partial charge on any atom is -0.371 e. The Morgan fingerprint density at radius 2 is 1.56 bits per heavy atom. The van der Waals surface area contributed by atoms with Gasteiger partial charge in [-0.05, 0) is 19.3 Å². The standard InChI is InChI=1S/C17H32O/c1-3-5-7-9-12-16-14-11-15-17(18-16)13-10-8-6-4-2/h11,14,16-17H,3-10,12-13,15H2,1-2H3/t16-,17+/m1/s1. The molecule has 0 bridgehead atoms. The van der Waals surface area contributed by atoms with Crippen LogP contribution in [0.1, 0.15) is 84.5 Å². The number of hydrogen-bond acceptors (Lipinski definition) is 1. The lowest BCUT2D eigenvalue weighted by molar-refractivity contribution is -0.00431. The fourth-order valence-corrected chi connectivity index (χ4v) is 2.65. The van der Waals surface area contributed by atoms with E-state index in [1.165, 1.54) is 64.2 Å². The van der Waals surface area contributed by atoms with Gasteiger partial charge >= 0.3 is 0 Å². The van der Waals surface area contributed by atoms with Gasteiger partial charge in [0.15, 0.2) is 0 Å². The van der Waals surface area contributed by atoms with E-state index in [0.29, 0.717) is 12.2 Å². The number of ether oxygens (including phenoxy) is 1. The van der Waals surface area contributed by atoms with E-state index in [9.17, 15) is 0 Å². The first-order valence-electron chi connectivity index (χ1n) is 8.19. The lowest BCUT2D eigenvalue weighted by Gasteiger charge is -2.26. The van der Waals surface area contributed by atoms with Crippen molar-refractivity contribution in [3.8, 4) is 0 Å². The van der Waals surface area contributed by atoms with E-state index in [1.54, 1.807) is 0 Å². The van der Waals surface area contributed by atoms with Crippen LogP contribution in [0.25, 0.3) is 0 Å². The van der Waals surface area contributed by atoms with Gasteiger partial charge < -0.3 is 4.74 Å². The summed E-state index contributed by atoms with van der Waals surface area (Å²) < 4.78 is 6.16. The Balaban J connectivity index is 2.08. The Morgan fingerprint density at radius 1 is 0.889 bits per heavy atom. The fourth-order valence-electron chi connectivity index (χ4n) is 2.65. The first kappa shape index (κ1) is 15.8. The highest BCUT2D eigenvalue weighted by atomic mass is 16.5. The summed E-state index contributed by atoms with van der Waals surface area (Å²) in [5.41, 5.74) is 0. The molecule has 0 N–H and O–H groups in total. The molecular formula is C17H32O. The van der Waals surface area contributed by atoms with Gasteiger partial charge in [0, 0.05) is 0 Å². The van der Waals surface area contributed by atoms with Crippen LogP contribution in [0.3, 0.4) is 0 Å². The summed E-state index contributed by atoms with van der Waals surface area (Å²) in [5, 5.41) is 0. The predicted octanol–water partition coefficient (Wildman–Crippen LogP) is 5.64. The summed E-state index contributed by atoms with van der Waals surface area (Å²) in [6.07, 6.45) is 20.0. The monoisotopic (exact) mass is 252 g/mol. The largest absolute Gasteiger partial charge is 0.371 e. The molecule has 0 aromatic carbocycles. The summed E-state index contributed by atoms with van der Waals surface area (Å²) in [4.78, 5) is 0. The number of hydrogen-bond donors (Lipinski definition) is 0. The molecule has 1 heteroatoms. The van der Waals surface area contributed by atoms with Crippen molar-refractivity contribution in [2.45, 2.75) is 96.7 Å². The van der Waals surface area contributed by atoms with Crippen LogP contribution in [-0.4, -0.2) is 12.2 Å². The molecule has 1 heterocycles. The molecule has 1 aliphatic heterocycles. The molecule has 0 aromatic rings. The highest BCUT2D eigenvalue weighted by Gasteiger charge is 2.17.